The van der Waals surface area contributed by atoms with Crippen LogP contribution in [0, 0.1) is 22.7 Å². The Bertz CT molecular complexity index is 932. The molecule has 0 aromatic carbocycles. The fourth-order valence-corrected chi connectivity index (χ4v) is 6.54. The van der Waals surface area contributed by atoms with Crippen molar-refractivity contribution in [3.8, 4) is 0 Å². The lowest BCUT2D eigenvalue weighted by atomic mass is 9.84. The van der Waals surface area contributed by atoms with Gasteiger partial charge in [0.05, 0.1) is 0 Å². The molecule has 2 atom stereocenters. The third kappa shape index (κ3) is 14.8. The minimum Gasteiger partial charge on any atom is -0.444 e. The predicted octanol–water partition coefficient (Wildman–Crippen LogP) is 9.82. The van der Waals surface area contributed by atoms with Crippen LogP contribution in [-0.4, -0.2) is 63.1 Å². The van der Waals surface area contributed by atoms with Crippen molar-refractivity contribution < 1.29 is 23.9 Å². The van der Waals surface area contributed by atoms with E-state index in [4.69, 9.17) is 9.47 Å². The SMILES string of the molecule is C=C(C[C@@H]1CN(C(=O)OC(C)(C)C)C(C)(C)C1)CC(C)(C)C.CC(C)(C)CC(=O)C[C@@H]1CN(C(=O)OC(C)(C)C)C(C)(C)C1. The molecule has 0 aliphatic carbocycles. The highest BCUT2D eigenvalue weighted by molar-refractivity contribution is 5.79. The van der Waals surface area contributed by atoms with Gasteiger partial charge in [0.2, 0.25) is 0 Å². The number of carbonyl (C=O) groups excluding carboxylic acids is 3. The van der Waals surface area contributed by atoms with Crippen molar-refractivity contribution in [1.29, 1.82) is 0 Å². The minimum absolute atomic E-state index is 0.0239. The number of rotatable bonds is 6. The molecule has 0 N–H and O–H groups in total. The second-order valence-electron chi connectivity index (χ2n) is 19.1. The molecular weight excluding hydrogens is 552 g/mol. The van der Waals surface area contributed by atoms with Gasteiger partial charge in [-0.05, 0) is 118 Å². The maximum atomic E-state index is 12.4. The van der Waals surface area contributed by atoms with E-state index in [1.807, 2.05) is 60.3 Å². The van der Waals surface area contributed by atoms with Crippen LogP contribution in [0.15, 0.2) is 12.2 Å². The number of allylic oxidation sites excluding steroid dienone is 1. The van der Waals surface area contributed by atoms with Crippen LogP contribution in [-0.2, 0) is 14.3 Å². The van der Waals surface area contributed by atoms with E-state index < -0.39 is 11.2 Å². The van der Waals surface area contributed by atoms with Gasteiger partial charge in [0.15, 0.2) is 0 Å². The molecule has 2 aliphatic heterocycles. The van der Waals surface area contributed by atoms with E-state index in [0.717, 1.165) is 32.2 Å². The van der Waals surface area contributed by atoms with Crippen molar-refractivity contribution in [3.05, 3.63) is 12.2 Å². The van der Waals surface area contributed by atoms with E-state index in [9.17, 15) is 14.4 Å². The normalized spacial score (nSPS) is 21.8. The summed E-state index contributed by atoms with van der Waals surface area (Å²) in [7, 11) is 0. The van der Waals surface area contributed by atoms with Gasteiger partial charge in [0, 0.05) is 37.0 Å². The molecule has 256 valence electrons. The zero-order chi connectivity index (χ0) is 34.7. The average molecular weight is 621 g/mol. The third-order valence-electron chi connectivity index (χ3n) is 7.75. The zero-order valence-corrected chi connectivity index (χ0v) is 31.5. The summed E-state index contributed by atoms with van der Waals surface area (Å²) in [5.74, 6) is 1.01. The number of nitrogens with zero attached hydrogens (tertiary/aromatic N) is 2. The molecule has 0 radical (unpaired) electrons. The first-order chi connectivity index (χ1) is 19.4. The molecule has 44 heavy (non-hydrogen) atoms. The monoisotopic (exact) mass is 621 g/mol. The molecule has 0 spiro atoms. The van der Waals surface area contributed by atoms with Gasteiger partial charge < -0.3 is 19.3 Å². The maximum absolute atomic E-state index is 12.4. The van der Waals surface area contributed by atoms with E-state index in [1.165, 1.54) is 5.57 Å². The van der Waals surface area contributed by atoms with Crippen LogP contribution in [0.3, 0.4) is 0 Å². The minimum atomic E-state index is -0.493. The van der Waals surface area contributed by atoms with Crippen molar-refractivity contribution in [3.63, 3.8) is 0 Å². The summed E-state index contributed by atoms with van der Waals surface area (Å²) < 4.78 is 11.0. The number of hydrogen-bond donors (Lipinski definition) is 0. The molecule has 2 fully saturated rings. The van der Waals surface area contributed by atoms with Gasteiger partial charge in [-0.15, -0.1) is 0 Å². The Labute approximate surface area is 270 Å². The Morgan fingerprint density at radius 2 is 0.977 bits per heavy atom. The second kappa shape index (κ2) is 14.2. The van der Waals surface area contributed by atoms with Crippen LogP contribution in [0.25, 0.3) is 0 Å². The van der Waals surface area contributed by atoms with Gasteiger partial charge in [0.1, 0.15) is 17.0 Å². The van der Waals surface area contributed by atoms with Gasteiger partial charge in [-0.25, -0.2) is 9.59 Å². The molecule has 2 heterocycles. The number of ketones is 1. The highest BCUT2D eigenvalue weighted by Crippen LogP contribution is 2.39. The molecule has 0 bridgehead atoms. The van der Waals surface area contributed by atoms with Gasteiger partial charge in [-0.1, -0.05) is 53.7 Å². The number of likely N-dealkylation sites (tertiary alicyclic amines) is 2. The highest BCUT2D eigenvalue weighted by Gasteiger charge is 2.44. The Hall–Kier alpha value is -2.05. The molecule has 7 heteroatoms. The van der Waals surface area contributed by atoms with Crippen LogP contribution in [0.5, 0.6) is 0 Å². The third-order valence-corrected chi connectivity index (χ3v) is 7.75. The van der Waals surface area contributed by atoms with Crippen LogP contribution < -0.4 is 0 Å². The largest absolute Gasteiger partial charge is 0.444 e. The van der Waals surface area contributed by atoms with E-state index in [2.05, 4.69) is 62.0 Å². The quantitative estimate of drug-likeness (QED) is 0.276. The fraction of sp³-hybridized carbons (Fsp3) is 0.865. The molecule has 0 saturated carbocycles. The zero-order valence-electron chi connectivity index (χ0n) is 31.5. The van der Waals surface area contributed by atoms with E-state index in [-0.39, 0.29) is 40.0 Å². The smallest absolute Gasteiger partial charge is 0.410 e. The van der Waals surface area contributed by atoms with Gasteiger partial charge in [-0.3, -0.25) is 4.79 Å². The first kappa shape index (κ1) is 40.0. The van der Waals surface area contributed by atoms with Crippen LogP contribution >= 0.6 is 0 Å². The maximum Gasteiger partial charge on any atom is 0.410 e. The molecule has 2 saturated heterocycles. The lowest BCUT2D eigenvalue weighted by Crippen LogP contribution is -2.45. The second-order valence-corrected chi connectivity index (χ2v) is 19.1. The summed E-state index contributed by atoms with van der Waals surface area (Å²) in [6, 6.07) is 0. The number of ether oxygens (including phenoxy) is 2. The summed E-state index contributed by atoms with van der Waals surface area (Å²) in [5.41, 5.74) is 0.254. The number of Topliss-reactive ketones (excluding diaryl/α,β-unsaturated/α-hetero) is 1. The Balaban J connectivity index is 0.000000440. The molecule has 0 aromatic rings. The first-order valence-electron chi connectivity index (χ1n) is 16.6. The van der Waals surface area contributed by atoms with E-state index >= 15 is 0 Å². The van der Waals surface area contributed by atoms with E-state index in [0.29, 0.717) is 31.1 Å². The van der Waals surface area contributed by atoms with Crippen LogP contribution in [0.1, 0.15) is 149 Å². The molecular formula is C37H68N2O5. The molecule has 7 nitrogen and oxygen atoms in total. The van der Waals surface area contributed by atoms with Gasteiger partial charge in [-0.2, -0.15) is 0 Å². The average Bonchev–Trinajstić information content (AvgIpc) is 3.16. The summed E-state index contributed by atoms with van der Waals surface area (Å²) in [6.07, 6.45) is 4.58. The molecule has 2 aliphatic rings. The van der Waals surface area contributed by atoms with Crippen LogP contribution in [0.2, 0.25) is 0 Å². The Kier molecular flexibility index (Phi) is 12.9. The lowest BCUT2D eigenvalue weighted by Gasteiger charge is -2.33. The van der Waals surface area contributed by atoms with Crippen LogP contribution in [0.4, 0.5) is 9.59 Å². The number of hydrogen-bond acceptors (Lipinski definition) is 5. The molecule has 2 amide bonds. The highest BCUT2D eigenvalue weighted by atomic mass is 16.6. The number of amides is 2. The van der Waals surface area contributed by atoms with Crippen molar-refractivity contribution in [2.75, 3.05) is 13.1 Å². The first-order valence-corrected chi connectivity index (χ1v) is 16.6. The Morgan fingerprint density at radius 3 is 1.30 bits per heavy atom. The molecule has 0 aromatic heterocycles. The molecule has 0 unspecified atom stereocenters. The number of carbonyl (C=O) groups is 3. The van der Waals surface area contributed by atoms with Gasteiger partial charge in [0.25, 0.3) is 0 Å². The topological polar surface area (TPSA) is 76.2 Å². The van der Waals surface area contributed by atoms with Crippen molar-refractivity contribution in [1.82, 2.24) is 9.80 Å². The van der Waals surface area contributed by atoms with Crippen molar-refractivity contribution in [2.24, 2.45) is 22.7 Å². The van der Waals surface area contributed by atoms with Crippen molar-refractivity contribution >= 4 is 18.0 Å². The van der Waals surface area contributed by atoms with Crippen molar-refractivity contribution in [2.45, 2.75) is 172 Å². The fourth-order valence-electron chi connectivity index (χ4n) is 6.54. The lowest BCUT2D eigenvalue weighted by molar-refractivity contribution is -0.121. The summed E-state index contributed by atoms with van der Waals surface area (Å²) in [6.45, 7) is 38.3. The predicted molar refractivity (Wildman–Crippen MR) is 182 cm³/mol. The molecule has 2 rings (SSSR count). The summed E-state index contributed by atoms with van der Waals surface area (Å²) in [4.78, 5) is 40.7. The summed E-state index contributed by atoms with van der Waals surface area (Å²) >= 11 is 0. The Morgan fingerprint density at radius 1 is 0.636 bits per heavy atom. The van der Waals surface area contributed by atoms with Gasteiger partial charge >= 0.3 is 12.2 Å². The van der Waals surface area contributed by atoms with E-state index in [1.54, 1.807) is 4.90 Å². The standard InChI is InChI=1S/C19H35NO2.C18H33NO3/c1-14(11-17(2,3)4)10-15-12-19(8,9)20(13-15)16(21)22-18(5,6)7;1-16(2,3)11-14(20)9-13-10-18(7,8)19(12-13)15(21)22-17(4,5)6/h15H,1,10-13H2,2-9H3;13H,9-12H2,1-8H3/t15-;13-/m00/s1. The summed E-state index contributed by atoms with van der Waals surface area (Å²) in [5, 5.41) is 0.